The Kier molecular flexibility index (Phi) is 3.26. The van der Waals surface area contributed by atoms with Gasteiger partial charge < -0.3 is 20.3 Å². The number of aliphatic carboxylic acids is 1. The number of carbonyl (C=O) groups is 1. The highest BCUT2D eigenvalue weighted by Gasteiger charge is 2.26. The molecule has 0 fully saturated rings. The molecule has 0 saturated heterocycles. The van der Waals surface area contributed by atoms with Crippen molar-refractivity contribution in [1.82, 2.24) is 0 Å². The number of rotatable bonds is 3. The van der Waals surface area contributed by atoms with Crippen LogP contribution in [-0.4, -0.2) is 24.4 Å². The highest BCUT2D eigenvalue weighted by Crippen LogP contribution is 2.34. The van der Waals surface area contributed by atoms with Gasteiger partial charge in [0.05, 0.1) is 12.5 Å². The van der Waals surface area contributed by atoms with Crippen LogP contribution in [0, 0.1) is 5.82 Å². The number of halogens is 1. The van der Waals surface area contributed by atoms with Gasteiger partial charge in [0.1, 0.15) is 11.6 Å². The lowest BCUT2D eigenvalue weighted by molar-refractivity contribution is -0.138. The Morgan fingerprint density at radius 1 is 1.59 bits per heavy atom. The van der Waals surface area contributed by atoms with Crippen molar-refractivity contribution in [2.75, 3.05) is 13.3 Å². The lowest BCUT2D eigenvalue weighted by atomic mass is 9.95. The normalized spacial score (nSPS) is 15.9. The second-order valence-corrected chi connectivity index (χ2v) is 3.72. The first kappa shape index (κ1) is 11.8. The van der Waals surface area contributed by atoms with Crippen molar-refractivity contribution in [3.63, 3.8) is 0 Å². The van der Waals surface area contributed by atoms with Crippen molar-refractivity contribution in [1.29, 1.82) is 0 Å². The Morgan fingerprint density at radius 3 is 3.00 bits per heavy atom. The van der Waals surface area contributed by atoms with E-state index in [0.717, 1.165) is 6.07 Å². The number of hydrogen-bond acceptors (Lipinski definition) is 4. The van der Waals surface area contributed by atoms with Crippen LogP contribution in [0.5, 0.6) is 5.75 Å². The molecule has 2 rings (SSSR count). The van der Waals surface area contributed by atoms with Crippen LogP contribution < -0.4 is 10.5 Å². The molecule has 5 nitrogen and oxygen atoms in total. The number of hydrogen-bond donors (Lipinski definition) is 2. The quantitative estimate of drug-likeness (QED) is 0.818. The highest BCUT2D eigenvalue weighted by atomic mass is 19.1. The number of carboxylic acids is 1. The first-order valence-electron chi connectivity index (χ1n) is 5.09. The van der Waals surface area contributed by atoms with Crippen molar-refractivity contribution >= 4 is 5.97 Å². The molecule has 0 aromatic heterocycles. The molecule has 0 aliphatic carbocycles. The summed E-state index contributed by atoms with van der Waals surface area (Å²) in [6.45, 7) is 0.120. The average molecular weight is 241 g/mol. The van der Waals surface area contributed by atoms with E-state index in [1.54, 1.807) is 0 Å². The van der Waals surface area contributed by atoms with Crippen LogP contribution in [0.15, 0.2) is 12.1 Å². The van der Waals surface area contributed by atoms with Crippen LogP contribution >= 0.6 is 0 Å². The molecule has 0 amide bonds. The van der Waals surface area contributed by atoms with Crippen LogP contribution in [0.1, 0.15) is 17.0 Å². The van der Waals surface area contributed by atoms with Crippen molar-refractivity contribution in [2.45, 2.75) is 12.5 Å². The zero-order valence-corrected chi connectivity index (χ0v) is 8.98. The summed E-state index contributed by atoms with van der Waals surface area (Å²) in [6.07, 6.45) is 0. The molecule has 92 valence electrons. The SMILES string of the molecule is NCC(C(=O)O)c1cc(F)cc2c1OCOC2. The monoisotopic (exact) mass is 241 g/mol. The van der Waals surface area contributed by atoms with Gasteiger partial charge in [0.25, 0.3) is 0 Å². The van der Waals surface area contributed by atoms with Gasteiger partial charge in [-0.3, -0.25) is 4.79 Å². The summed E-state index contributed by atoms with van der Waals surface area (Å²) in [7, 11) is 0. The molecule has 0 radical (unpaired) electrons. The number of ether oxygens (including phenoxy) is 2. The Labute approximate surface area is 96.9 Å². The molecular formula is C11H12FNO4. The highest BCUT2D eigenvalue weighted by molar-refractivity contribution is 5.78. The van der Waals surface area contributed by atoms with Gasteiger partial charge in [0, 0.05) is 17.7 Å². The summed E-state index contributed by atoms with van der Waals surface area (Å²) in [5, 5.41) is 9.03. The van der Waals surface area contributed by atoms with Crippen LogP contribution in [0.2, 0.25) is 0 Å². The molecule has 6 heteroatoms. The molecule has 1 atom stereocenters. The van der Waals surface area contributed by atoms with Crippen molar-refractivity contribution < 1.29 is 23.8 Å². The van der Waals surface area contributed by atoms with Crippen molar-refractivity contribution in [2.24, 2.45) is 5.73 Å². The van der Waals surface area contributed by atoms with Crippen LogP contribution in [0.3, 0.4) is 0 Å². The predicted octanol–water partition coefficient (Wildman–Crippen LogP) is 0.819. The molecule has 0 bridgehead atoms. The molecule has 17 heavy (non-hydrogen) atoms. The summed E-state index contributed by atoms with van der Waals surface area (Å²) in [5.41, 5.74) is 6.17. The summed E-state index contributed by atoms with van der Waals surface area (Å²) >= 11 is 0. The zero-order chi connectivity index (χ0) is 12.4. The van der Waals surface area contributed by atoms with Gasteiger partial charge >= 0.3 is 5.97 Å². The lowest BCUT2D eigenvalue weighted by Crippen LogP contribution is -2.24. The van der Waals surface area contributed by atoms with Gasteiger partial charge in [-0.1, -0.05) is 0 Å². The molecule has 1 unspecified atom stereocenters. The van der Waals surface area contributed by atoms with Crippen LogP contribution in [0.25, 0.3) is 0 Å². The molecular weight excluding hydrogens is 229 g/mol. The minimum Gasteiger partial charge on any atom is -0.481 e. The van der Waals surface area contributed by atoms with Gasteiger partial charge in [-0.15, -0.1) is 0 Å². The maximum Gasteiger partial charge on any atom is 0.312 e. The molecule has 1 aromatic rings. The molecule has 1 aliphatic heterocycles. The minimum absolute atomic E-state index is 0.0303. The van der Waals surface area contributed by atoms with Crippen molar-refractivity contribution in [3.05, 3.63) is 29.1 Å². The maximum absolute atomic E-state index is 13.4. The molecule has 1 aromatic carbocycles. The first-order valence-corrected chi connectivity index (χ1v) is 5.09. The van der Waals surface area contributed by atoms with E-state index in [9.17, 15) is 9.18 Å². The van der Waals surface area contributed by atoms with Gasteiger partial charge in [-0.2, -0.15) is 0 Å². The fourth-order valence-electron chi connectivity index (χ4n) is 1.83. The fourth-order valence-corrected chi connectivity index (χ4v) is 1.83. The number of carboxylic acid groups (broad SMARTS) is 1. The summed E-state index contributed by atoms with van der Waals surface area (Å²) in [5.74, 6) is -2.23. The van der Waals surface area contributed by atoms with Gasteiger partial charge in [-0.05, 0) is 12.1 Å². The minimum atomic E-state index is -1.10. The largest absolute Gasteiger partial charge is 0.481 e. The van der Waals surface area contributed by atoms with Crippen LogP contribution in [-0.2, 0) is 16.1 Å². The fraction of sp³-hybridized carbons (Fsp3) is 0.364. The first-order chi connectivity index (χ1) is 8.13. The molecule has 1 aliphatic rings. The molecule has 0 spiro atoms. The maximum atomic E-state index is 13.4. The van der Waals surface area contributed by atoms with E-state index in [1.807, 2.05) is 0 Å². The standard InChI is InChI=1S/C11H12FNO4/c12-7-1-6-4-16-5-17-10(6)8(2-7)9(3-13)11(14)15/h1-2,9H,3-5,13H2,(H,14,15). The summed E-state index contributed by atoms with van der Waals surface area (Å²) in [4.78, 5) is 11.0. The second-order valence-electron chi connectivity index (χ2n) is 3.72. The van der Waals surface area contributed by atoms with E-state index < -0.39 is 17.7 Å². The smallest absolute Gasteiger partial charge is 0.312 e. The number of nitrogens with two attached hydrogens (primary N) is 1. The van der Waals surface area contributed by atoms with Crippen LogP contribution in [0.4, 0.5) is 4.39 Å². The molecule has 1 heterocycles. The Bertz CT molecular complexity index is 449. The van der Waals surface area contributed by atoms with Gasteiger partial charge in [0.15, 0.2) is 6.79 Å². The summed E-state index contributed by atoms with van der Waals surface area (Å²) in [6, 6.07) is 2.42. The van der Waals surface area contributed by atoms with E-state index >= 15 is 0 Å². The van der Waals surface area contributed by atoms with Crippen molar-refractivity contribution in [3.8, 4) is 5.75 Å². The molecule has 3 N–H and O–H groups in total. The Balaban J connectivity index is 2.51. The van der Waals surface area contributed by atoms with E-state index in [0.29, 0.717) is 11.3 Å². The van der Waals surface area contributed by atoms with E-state index in [1.165, 1.54) is 6.07 Å². The van der Waals surface area contributed by atoms with E-state index in [-0.39, 0.29) is 25.5 Å². The number of benzene rings is 1. The average Bonchev–Trinajstić information content (AvgIpc) is 2.29. The predicted molar refractivity (Wildman–Crippen MR) is 56.1 cm³/mol. The Hall–Kier alpha value is -1.66. The third kappa shape index (κ3) is 2.22. The second kappa shape index (κ2) is 4.68. The Morgan fingerprint density at radius 2 is 2.35 bits per heavy atom. The zero-order valence-electron chi connectivity index (χ0n) is 8.98. The van der Waals surface area contributed by atoms with Gasteiger partial charge in [0.2, 0.25) is 0 Å². The van der Waals surface area contributed by atoms with E-state index in [4.69, 9.17) is 20.3 Å². The topological polar surface area (TPSA) is 81.8 Å². The lowest BCUT2D eigenvalue weighted by Gasteiger charge is -2.23. The van der Waals surface area contributed by atoms with E-state index in [2.05, 4.69) is 0 Å². The number of fused-ring (bicyclic) bond motifs is 1. The summed E-state index contributed by atoms with van der Waals surface area (Å²) < 4.78 is 23.6. The van der Waals surface area contributed by atoms with Gasteiger partial charge in [-0.25, -0.2) is 4.39 Å². The third-order valence-electron chi connectivity index (χ3n) is 2.61. The third-order valence-corrected chi connectivity index (χ3v) is 2.61. The molecule has 0 saturated carbocycles.